The van der Waals surface area contributed by atoms with E-state index in [1.165, 1.54) is 0 Å². The van der Waals surface area contributed by atoms with Crippen LogP contribution in [0.5, 0.6) is 0 Å². The Bertz CT molecular complexity index is 844. The molecule has 0 saturated heterocycles. The number of benzene rings is 1. The molecule has 0 amide bonds. The van der Waals surface area contributed by atoms with Gasteiger partial charge in [0.05, 0.1) is 24.4 Å². The zero-order valence-electron chi connectivity index (χ0n) is 13.2. The maximum atomic E-state index is 9.19. The molecule has 2 heterocycles. The monoisotopic (exact) mass is 330 g/mol. The van der Waals surface area contributed by atoms with E-state index in [1.54, 1.807) is 10.9 Å². The molecule has 23 heavy (non-hydrogen) atoms. The number of aryl methyl sites for hydroxylation is 1. The summed E-state index contributed by atoms with van der Waals surface area (Å²) in [5.74, 6) is 0.917. The normalized spacial score (nSPS) is 11.1. The first-order valence-corrected chi connectivity index (χ1v) is 7.90. The summed E-state index contributed by atoms with van der Waals surface area (Å²) in [6, 6.07) is 7.75. The van der Waals surface area contributed by atoms with E-state index < -0.39 is 0 Å². The quantitative estimate of drug-likeness (QED) is 0.753. The lowest BCUT2D eigenvalue weighted by molar-refractivity contribution is 0.270. The number of rotatable bonds is 5. The van der Waals surface area contributed by atoms with Gasteiger partial charge in [0.2, 0.25) is 0 Å². The molecule has 3 aromatic rings. The van der Waals surface area contributed by atoms with Gasteiger partial charge in [0, 0.05) is 28.7 Å². The lowest BCUT2D eigenvalue weighted by Crippen LogP contribution is -2.11. The Balaban J connectivity index is 1.92. The number of fused-ring (bicyclic) bond motifs is 1. The van der Waals surface area contributed by atoms with E-state index in [2.05, 4.69) is 15.4 Å². The molecule has 0 fully saturated rings. The van der Waals surface area contributed by atoms with Crippen LogP contribution >= 0.6 is 11.6 Å². The zero-order valence-corrected chi connectivity index (χ0v) is 13.9. The first-order chi connectivity index (χ1) is 11.1. The molecule has 6 heteroatoms. The highest BCUT2D eigenvalue weighted by molar-refractivity contribution is 6.31. The van der Waals surface area contributed by atoms with Crippen molar-refractivity contribution < 1.29 is 5.11 Å². The number of aliphatic hydroxyl groups excluding tert-OH is 1. The van der Waals surface area contributed by atoms with Crippen LogP contribution in [-0.4, -0.2) is 26.5 Å². The predicted molar refractivity (Wildman–Crippen MR) is 92.9 cm³/mol. The van der Waals surface area contributed by atoms with Gasteiger partial charge in [-0.15, -0.1) is 0 Å². The number of nitrogens with zero attached hydrogens (tertiary/aromatic N) is 3. The Kier molecular flexibility index (Phi) is 4.50. The molecule has 0 atom stereocenters. The second-order valence-electron chi connectivity index (χ2n) is 5.50. The minimum absolute atomic E-state index is 0.0525. The second-order valence-corrected chi connectivity index (χ2v) is 5.94. The number of hydrogen-bond donors (Lipinski definition) is 2. The molecule has 0 radical (unpaired) electrons. The van der Waals surface area contributed by atoms with Crippen LogP contribution in [0.3, 0.4) is 0 Å². The van der Waals surface area contributed by atoms with Crippen LogP contribution in [-0.2, 0) is 13.1 Å². The van der Waals surface area contributed by atoms with Gasteiger partial charge in [0.1, 0.15) is 5.82 Å². The number of anilines is 1. The van der Waals surface area contributed by atoms with Gasteiger partial charge < -0.3 is 10.4 Å². The van der Waals surface area contributed by atoms with Crippen LogP contribution in [0.25, 0.3) is 10.9 Å². The minimum atomic E-state index is 0.0525. The number of nitrogens with one attached hydrogen (secondary N) is 1. The molecular formula is C17H19ClN4O. The van der Waals surface area contributed by atoms with Crippen molar-refractivity contribution in [2.75, 3.05) is 11.9 Å². The van der Waals surface area contributed by atoms with E-state index in [0.717, 1.165) is 33.5 Å². The Hall–Kier alpha value is -2.11. The number of pyridine rings is 1. The Morgan fingerprint density at radius 1 is 1.30 bits per heavy atom. The van der Waals surface area contributed by atoms with Crippen LogP contribution < -0.4 is 5.32 Å². The Morgan fingerprint density at radius 2 is 2.13 bits per heavy atom. The minimum Gasteiger partial charge on any atom is -0.394 e. The average molecular weight is 331 g/mol. The SMILES string of the molecule is Cc1nn(CCO)c(NCc2cc(Cl)cc3cccnc23)c1C. The highest BCUT2D eigenvalue weighted by Crippen LogP contribution is 2.24. The van der Waals surface area contributed by atoms with Crippen LogP contribution in [0.15, 0.2) is 30.5 Å². The van der Waals surface area contributed by atoms with Gasteiger partial charge in [0.25, 0.3) is 0 Å². The molecule has 0 spiro atoms. The van der Waals surface area contributed by atoms with Gasteiger partial charge in [-0.05, 0) is 37.6 Å². The number of hydrogen-bond acceptors (Lipinski definition) is 4. The van der Waals surface area contributed by atoms with Crippen molar-refractivity contribution in [3.8, 4) is 0 Å². The van der Waals surface area contributed by atoms with E-state index in [9.17, 15) is 5.11 Å². The summed E-state index contributed by atoms with van der Waals surface area (Å²) in [5, 5.41) is 18.8. The van der Waals surface area contributed by atoms with E-state index in [-0.39, 0.29) is 6.61 Å². The Morgan fingerprint density at radius 3 is 2.91 bits per heavy atom. The summed E-state index contributed by atoms with van der Waals surface area (Å²) in [4.78, 5) is 4.46. The van der Waals surface area contributed by atoms with Gasteiger partial charge in [-0.25, -0.2) is 4.68 Å². The third-order valence-corrected chi connectivity index (χ3v) is 4.15. The van der Waals surface area contributed by atoms with Crippen molar-refractivity contribution >= 4 is 28.3 Å². The molecule has 5 nitrogen and oxygen atoms in total. The van der Waals surface area contributed by atoms with Crippen LogP contribution in [0.2, 0.25) is 5.02 Å². The molecule has 2 N–H and O–H groups in total. The highest BCUT2D eigenvalue weighted by atomic mass is 35.5. The molecule has 2 aromatic heterocycles. The van der Waals surface area contributed by atoms with Crippen LogP contribution in [0, 0.1) is 13.8 Å². The fourth-order valence-electron chi connectivity index (χ4n) is 2.69. The van der Waals surface area contributed by atoms with Crippen LogP contribution in [0.4, 0.5) is 5.82 Å². The molecule has 0 aliphatic carbocycles. The topological polar surface area (TPSA) is 63.0 Å². The fourth-order valence-corrected chi connectivity index (χ4v) is 2.94. The van der Waals surface area contributed by atoms with E-state index in [1.807, 2.05) is 38.1 Å². The van der Waals surface area contributed by atoms with Gasteiger partial charge in [-0.2, -0.15) is 5.10 Å². The summed E-state index contributed by atoms with van der Waals surface area (Å²) in [7, 11) is 0. The molecule has 1 aromatic carbocycles. The lowest BCUT2D eigenvalue weighted by atomic mass is 10.1. The summed E-state index contributed by atoms with van der Waals surface area (Å²) < 4.78 is 1.80. The second kappa shape index (κ2) is 6.56. The van der Waals surface area contributed by atoms with Crippen molar-refractivity contribution in [3.05, 3.63) is 52.3 Å². The zero-order chi connectivity index (χ0) is 16.4. The van der Waals surface area contributed by atoms with Crippen molar-refractivity contribution in [3.63, 3.8) is 0 Å². The van der Waals surface area contributed by atoms with Gasteiger partial charge in [0.15, 0.2) is 0 Å². The van der Waals surface area contributed by atoms with Crippen molar-refractivity contribution in [2.24, 2.45) is 0 Å². The summed E-state index contributed by atoms with van der Waals surface area (Å²) >= 11 is 6.22. The maximum absolute atomic E-state index is 9.19. The molecule has 0 aliphatic heterocycles. The Labute approximate surface area is 139 Å². The molecule has 0 bridgehead atoms. The average Bonchev–Trinajstić information content (AvgIpc) is 2.79. The first-order valence-electron chi connectivity index (χ1n) is 7.52. The van der Waals surface area contributed by atoms with E-state index >= 15 is 0 Å². The molecular weight excluding hydrogens is 312 g/mol. The molecule has 0 saturated carbocycles. The third-order valence-electron chi connectivity index (χ3n) is 3.93. The molecule has 0 aliphatic rings. The predicted octanol–water partition coefficient (Wildman–Crippen LogP) is 3.31. The van der Waals surface area contributed by atoms with Crippen LogP contribution in [0.1, 0.15) is 16.8 Å². The maximum Gasteiger partial charge on any atom is 0.127 e. The number of aliphatic hydroxyl groups is 1. The third kappa shape index (κ3) is 3.16. The van der Waals surface area contributed by atoms with Gasteiger partial charge in [-0.3, -0.25) is 4.98 Å². The summed E-state index contributed by atoms with van der Waals surface area (Å²) in [5.41, 5.74) is 4.00. The van der Waals surface area contributed by atoms with Crippen molar-refractivity contribution in [2.45, 2.75) is 26.9 Å². The van der Waals surface area contributed by atoms with Crippen molar-refractivity contribution in [1.29, 1.82) is 0 Å². The standard InChI is InChI=1S/C17H19ClN4O/c1-11-12(2)21-22(6-7-23)17(11)20-10-14-9-15(18)8-13-4-3-5-19-16(13)14/h3-5,8-9,20,23H,6-7,10H2,1-2H3. The largest absolute Gasteiger partial charge is 0.394 e. The van der Waals surface area contributed by atoms with E-state index in [0.29, 0.717) is 18.1 Å². The molecule has 120 valence electrons. The number of halogens is 1. The van der Waals surface area contributed by atoms with Gasteiger partial charge >= 0.3 is 0 Å². The number of aromatic nitrogens is 3. The lowest BCUT2D eigenvalue weighted by Gasteiger charge is -2.12. The smallest absolute Gasteiger partial charge is 0.127 e. The van der Waals surface area contributed by atoms with E-state index in [4.69, 9.17) is 11.6 Å². The van der Waals surface area contributed by atoms with Gasteiger partial charge in [-0.1, -0.05) is 17.7 Å². The summed E-state index contributed by atoms with van der Waals surface area (Å²) in [6.45, 7) is 5.09. The highest BCUT2D eigenvalue weighted by Gasteiger charge is 2.12. The van der Waals surface area contributed by atoms with Crippen molar-refractivity contribution in [1.82, 2.24) is 14.8 Å². The first kappa shape index (κ1) is 15.8. The molecule has 3 rings (SSSR count). The summed E-state index contributed by atoms with van der Waals surface area (Å²) in [6.07, 6.45) is 1.78. The fraction of sp³-hybridized carbons (Fsp3) is 0.294. The molecule has 0 unspecified atom stereocenters.